The highest BCUT2D eigenvalue weighted by atomic mass is 32.2. The van der Waals surface area contributed by atoms with Crippen LogP contribution in [0.1, 0.15) is 11.1 Å². The summed E-state index contributed by atoms with van der Waals surface area (Å²) >= 11 is 0.669. The molecule has 2 aromatic carbocycles. The third-order valence-corrected chi connectivity index (χ3v) is 5.18. The van der Waals surface area contributed by atoms with E-state index in [0.717, 1.165) is 29.2 Å². The molecule has 1 heterocycles. The highest BCUT2D eigenvalue weighted by Gasteiger charge is 2.35. The summed E-state index contributed by atoms with van der Waals surface area (Å²) in [6.45, 7) is -0.619. The van der Waals surface area contributed by atoms with E-state index in [1.165, 1.54) is 24.3 Å². The number of thioether (sulfide) groups is 1. The summed E-state index contributed by atoms with van der Waals surface area (Å²) < 4.78 is 56.5. The van der Waals surface area contributed by atoms with Crippen LogP contribution in [0.25, 0.3) is 6.08 Å². The van der Waals surface area contributed by atoms with Gasteiger partial charge in [-0.3, -0.25) is 19.3 Å². The summed E-state index contributed by atoms with van der Waals surface area (Å²) in [6.07, 6.45) is -3.18. The van der Waals surface area contributed by atoms with Crippen LogP contribution >= 0.6 is 11.8 Å². The predicted molar refractivity (Wildman–Crippen MR) is 109 cm³/mol. The lowest BCUT2D eigenvalue weighted by Crippen LogP contribution is -2.38. The molecule has 0 aliphatic carbocycles. The second-order valence-corrected chi connectivity index (χ2v) is 7.51. The van der Waals surface area contributed by atoms with Gasteiger partial charge in [0.15, 0.2) is 6.61 Å². The van der Waals surface area contributed by atoms with Crippen molar-refractivity contribution >= 4 is 34.9 Å². The van der Waals surface area contributed by atoms with Crippen LogP contribution in [-0.2, 0) is 15.8 Å². The first-order chi connectivity index (χ1) is 15.1. The van der Waals surface area contributed by atoms with E-state index < -0.39 is 41.2 Å². The Kier molecular flexibility index (Phi) is 7.18. The van der Waals surface area contributed by atoms with Gasteiger partial charge in [-0.05, 0) is 48.2 Å². The van der Waals surface area contributed by atoms with Crippen molar-refractivity contribution < 1.29 is 36.7 Å². The smallest absolute Gasteiger partial charge is 0.416 e. The molecule has 1 aliphatic rings. The Bertz CT molecular complexity index is 1050. The number of hydrogen-bond acceptors (Lipinski definition) is 5. The van der Waals surface area contributed by atoms with Crippen LogP contribution in [0, 0.1) is 5.82 Å². The van der Waals surface area contributed by atoms with E-state index in [-0.39, 0.29) is 29.3 Å². The molecule has 11 heteroatoms. The van der Waals surface area contributed by atoms with E-state index >= 15 is 0 Å². The number of benzene rings is 2. The molecule has 168 valence electrons. The first kappa shape index (κ1) is 23.3. The largest absolute Gasteiger partial charge is 0.484 e. The van der Waals surface area contributed by atoms with Crippen molar-refractivity contribution in [3.63, 3.8) is 0 Å². The van der Waals surface area contributed by atoms with Crippen molar-refractivity contribution in [3.05, 3.63) is 70.4 Å². The van der Waals surface area contributed by atoms with Gasteiger partial charge in [-0.15, -0.1) is 0 Å². The minimum Gasteiger partial charge on any atom is -0.484 e. The van der Waals surface area contributed by atoms with Crippen LogP contribution in [0.5, 0.6) is 5.75 Å². The molecule has 0 bridgehead atoms. The average molecular weight is 468 g/mol. The standard InChI is InChI=1S/C21H16F4N2O4S/c22-16-4-2-1-3-13(16)11-17-19(29)27(20(30)32-17)10-9-26-18(28)12-31-15-7-5-14(6-8-15)21(23,24)25/h1-8,11H,9-10,12H2,(H,26,28)/b17-11-. The average Bonchev–Trinajstić information content (AvgIpc) is 3.01. The molecular weight excluding hydrogens is 452 g/mol. The zero-order chi connectivity index (χ0) is 23.3. The Balaban J connectivity index is 1.46. The van der Waals surface area contributed by atoms with Gasteiger partial charge < -0.3 is 10.1 Å². The number of carbonyl (C=O) groups is 3. The fourth-order valence-electron chi connectivity index (χ4n) is 2.67. The molecule has 1 fully saturated rings. The number of halogens is 4. The lowest BCUT2D eigenvalue weighted by molar-refractivity contribution is -0.137. The van der Waals surface area contributed by atoms with E-state index in [9.17, 15) is 31.9 Å². The molecule has 0 unspecified atom stereocenters. The van der Waals surface area contributed by atoms with Crippen molar-refractivity contribution in [2.75, 3.05) is 19.7 Å². The molecule has 1 aliphatic heterocycles. The first-order valence-corrected chi connectivity index (χ1v) is 10.0. The molecule has 0 radical (unpaired) electrons. The number of alkyl halides is 3. The highest BCUT2D eigenvalue weighted by molar-refractivity contribution is 8.18. The predicted octanol–water partition coefficient (Wildman–Crippen LogP) is 4.08. The Hall–Kier alpha value is -3.34. The van der Waals surface area contributed by atoms with E-state index in [1.54, 1.807) is 6.07 Å². The van der Waals surface area contributed by atoms with Crippen LogP contribution in [-0.4, -0.2) is 41.6 Å². The third-order valence-electron chi connectivity index (χ3n) is 4.27. The second-order valence-electron chi connectivity index (χ2n) is 6.52. The molecule has 0 spiro atoms. The molecule has 6 nitrogen and oxygen atoms in total. The van der Waals surface area contributed by atoms with Gasteiger partial charge >= 0.3 is 6.18 Å². The highest BCUT2D eigenvalue weighted by Crippen LogP contribution is 2.32. The normalized spacial score (nSPS) is 15.4. The number of nitrogens with zero attached hydrogens (tertiary/aromatic N) is 1. The number of ether oxygens (including phenoxy) is 1. The van der Waals surface area contributed by atoms with Crippen LogP contribution < -0.4 is 10.1 Å². The topological polar surface area (TPSA) is 75.7 Å². The van der Waals surface area contributed by atoms with Crippen molar-refractivity contribution in [1.29, 1.82) is 0 Å². The number of amides is 3. The maximum Gasteiger partial charge on any atom is 0.416 e. The Morgan fingerprint density at radius 1 is 1.09 bits per heavy atom. The fourth-order valence-corrected chi connectivity index (χ4v) is 3.53. The van der Waals surface area contributed by atoms with Crippen LogP contribution in [0.15, 0.2) is 53.4 Å². The number of rotatable bonds is 7. The van der Waals surface area contributed by atoms with E-state index in [2.05, 4.69) is 5.32 Å². The number of nitrogens with one attached hydrogen (secondary N) is 1. The Labute approximate surface area is 184 Å². The van der Waals surface area contributed by atoms with Gasteiger partial charge in [-0.2, -0.15) is 13.2 Å². The molecule has 1 N–H and O–H groups in total. The molecule has 3 amide bonds. The fraction of sp³-hybridized carbons (Fsp3) is 0.190. The second kappa shape index (κ2) is 9.86. The molecule has 0 atom stereocenters. The third kappa shape index (κ3) is 5.88. The van der Waals surface area contributed by atoms with E-state index in [1.807, 2.05) is 0 Å². The van der Waals surface area contributed by atoms with E-state index in [4.69, 9.17) is 4.74 Å². The molecular formula is C21H16F4N2O4S. The molecule has 0 aromatic heterocycles. The quantitative estimate of drug-likeness (QED) is 0.490. The molecule has 1 saturated heterocycles. The lowest BCUT2D eigenvalue weighted by Gasteiger charge is -2.13. The summed E-state index contributed by atoms with van der Waals surface area (Å²) in [5, 5.41) is 1.90. The van der Waals surface area contributed by atoms with Gasteiger partial charge in [-0.25, -0.2) is 4.39 Å². The maximum absolute atomic E-state index is 13.8. The van der Waals surface area contributed by atoms with Gasteiger partial charge in [0.05, 0.1) is 10.5 Å². The minimum absolute atomic E-state index is 0.0553. The first-order valence-electron chi connectivity index (χ1n) is 9.22. The van der Waals surface area contributed by atoms with Crippen molar-refractivity contribution in [3.8, 4) is 5.75 Å². The van der Waals surface area contributed by atoms with Gasteiger partial charge in [-0.1, -0.05) is 18.2 Å². The van der Waals surface area contributed by atoms with E-state index in [0.29, 0.717) is 11.8 Å². The van der Waals surface area contributed by atoms with Gasteiger partial charge in [0, 0.05) is 18.7 Å². The van der Waals surface area contributed by atoms with Crippen molar-refractivity contribution in [1.82, 2.24) is 10.2 Å². The Morgan fingerprint density at radius 2 is 1.78 bits per heavy atom. The summed E-state index contributed by atoms with van der Waals surface area (Å²) in [7, 11) is 0. The van der Waals surface area contributed by atoms with Gasteiger partial charge in [0.25, 0.3) is 17.1 Å². The van der Waals surface area contributed by atoms with Crippen LogP contribution in [0.2, 0.25) is 0 Å². The van der Waals surface area contributed by atoms with Crippen molar-refractivity contribution in [2.45, 2.75) is 6.18 Å². The summed E-state index contributed by atoms with van der Waals surface area (Å²) in [4.78, 5) is 37.3. The molecule has 0 saturated carbocycles. The lowest BCUT2D eigenvalue weighted by atomic mass is 10.2. The zero-order valence-corrected chi connectivity index (χ0v) is 17.1. The summed E-state index contributed by atoms with van der Waals surface area (Å²) in [5.41, 5.74) is -0.665. The Morgan fingerprint density at radius 3 is 2.44 bits per heavy atom. The molecule has 2 aromatic rings. The molecule has 32 heavy (non-hydrogen) atoms. The van der Waals surface area contributed by atoms with Crippen molar-refractivity contribution in [2.24, 2.45) is 0 Å². The summed E-state index contributed by atoms with van der Waals surface area (Å²) in [5.74, 6) is -1.63. The van der Waals surface area contributed by atoms with Crippen LogP contribution in [0.3, 0.4) is 0 Å². The molecule has 3 rings (SSSR count). The zero-order valence-electron chi connectivity index (χ0n) is 16.3. The van der Waals surface area contributed by atoms with Crippen LogP contribution in [0.4, 0.5) is 22.4 Å². The number of carbonyl (C=O) groups excluding carboxylic acids is 3. The van der Waals surface area contributed by atoms with Gasteiger partial charge in [0.1, 0.15) is 11.6 Å². The number of hydrogen-bond donors (Lipinski definition) is 1. The van der Waals surface area contributed by atoms with Gasteiger partial charge in [0.2, 0.25) is 0 Å². The monoisotopic (exact) mass is 468 g/mol. The number of imide groups is 1. The maximum atomic E-state index is 13.8. The SMILES string of the molecule is O=C(COc1ccc(C(F)(F)F)cc1)NCCN1C(=O)S/C(=C\c2ccccc2F)C1=O. The minimum atomic E-state index is -4.47. The summed E-state index contributed by atoms with van der Waals surface area (Å²) in [6, 6.07) is 9.67.